The largest absolute Gasteiger partial charge is 0.393 e. The Kier molecular flexibility index (Phi) is 3.60. The Labute approximate surface area is 157 Å². The van der Waals surface area contributed by atoms with Gasteiger partial charge in [-0.3, -0.25) is 0 Å². The van der Waals surface area contributed by atoms with E-state index in [2.05, 4.69) is 49.1 Å². The van der Waals surface area contributed by atoms with Crippen LogP contribution in [0.4, 0.5) is 0 Å². The molecule has 0 spiro atoms. The fraction of sp³-hybridized carbons (Fsp3) is 0.696. The highest BCUT2D eigenvalue weighted by Crippen LogP contribution is 2.67. The number of hydrogen-bond acceptors (Lipinski definition) is 2. The Morgan fingerprint density at radius 2 is 1.96 bits per heavy atom. The first kappa shape index (κ1) is 16.8. The molecule has 1 heterocycles. The summed E-state index contributed by atoms with van der Waals surface area (Å²) in [5, 5.41) is 10.2. The molecule has 5 rings (SSSR count). The van der Waals surface area contributed by atoms with Gasteiger partial charge in [-0.25, -0.2) is 4.98 Å². The van der Waals surface area contributed by atoms with Crippen molar-refractivity contribution in [1.82, 2.24) is 9.97 Å². The first-order valence-electron chi connectivity index (χ1n) is 10.5. The number of aromatic nitrogens is 2. The average Bonchev–Trinajstić information content (AvgIpc) is 3.23. The molecule has 140 valence electrons. The second-order valence-electron chi connectivity index (χ2n) is 9.92. The van der Waals surface area contributed by atoms with Gasteiger partial charge in [0, 0.05) is 6.20 Å². The van der Waals surface area contributed by atoms with E-state index in [0.717, 1.165) is 42.7 Å². The van der Waals surface area contributed by atoms with Crippen molar-refractivity contribution in [2.45, 2.75) is 65.4 Å². The molecule has 2 fully saturated rings. The molecule has 1 aromatic heterocycles. The number of aliphatic hydroxyl groups excluding tert-OH is 1. The SMILES string of the molecule is CC1C=C2CC(O)CC[C@]2(C)[C@@H]2CC[C@]3(C)C(c4c[nH]cn4)=CC[C@H]3[C@H]12. The summed E-state index contributed by atoms with van der Waals surface area (Å²) in [6.45, 7) is 7.44. The minimum atomic E-state index is -0.119. The van der Waals surface area contributed by atoms with Gasteiger partial charge in [0.15, 0.2) is 0 Å². The number of nitrogens with one attached hydrogen (secondary N) is 1. The van der Waals surface area contributed by atoms with E-state index in [4.69, 9.17) is 0 Å². The molecule has 2 N–H and O–H groups in total. The number of allylic oxidation sites excluding steroid dienone is 3. The van der Waals surface area contributed by atoms with Crippen LogP contribution in [-0.2, 0) is 0 Å². The van der Waals surface area contributed by atoms with Gasteiger partial charge in [-0.2, -0.15) is 0 Å². The van der Waals surface area contributed by atoms with Crippen LogP contribution in [0.3, 0.4) is 0 Å². The molecule has 4 aliphatic rings. The maximum atomic E-state index is 10.2. The third kappa shape index (κ3) is 2.13. The first-order chi connectivity index (χ1) is 12.4. The second kappa shape index (κ2) is 5.58. The number of aromatic amines is 1. The zero-order valence-corrected chi connectivity index (χ0v) is 16.3. The second-order valence-corrected chi connectivity index (χ2v) is 9.92. The van der Waals surface area contributed by atoms with Crippen molar-refractivity contribution in [3.05, 3.63) is 35.9 Å². The van der Waals surface area contributed by atoms with Gasteiger partial charge >= 0.3 is 0 Å². The summed E-state index contributed by atoms with van der Waals surface area (Å²) in [7, 11) is 0. The topological polar surface area (TPSA) is 48.9 Å². The van der Waals surface area contributed by atoms with Crippen molar-refractivity contribution in [2.24, 2.45) is 34.5 Å². The molecule has 3 heteroatoms. The van der Waals surface area contributed by atoms with Gasteiger partial charge in [-0.1, -0.05) is 38.5 Å². The molecule has 0 radical (unpaired) electrons. The molecule has 7 atom stereocenters. The average molecular weight is 353 g/mol. The standard InChI is InChI=1S/C23H32N2O/c1-14-10-15-11-16(26)6-8-22(15,2)19-7-9-23(3)17(20-12-24-13-25-20)4-5-18(23)21(14)19/h4,10,12-14,16,18-19,21,26H,5-9,11H2,1-3H3,(H,24,25)/t14?,16?,18-,19+,21-,22-,23+/m0/s1. The lowest BCUT2D eigenvalue weighted by Gasteiger charge is -2.59. The number of aliphatic hydroxyl groups is 1. The highest BCUT2D eigenvalue weighted by molar-refractivity contribution is 5.70. The number of H-pyrrole nitrogens is 1. The predicted octanol–water partition coefficient (Wildman–Crippen LogP) is 4.97. The van der Waals surface area contributed by atoms with E-state index in [0.29, 0.717) is 11.3 Å². The fourth-order valence-electron chi connectivity index (χ4n) is 7.38. The van der Waals surface area contributed by atoms with Crippen LogP contribution in [0, 0.1) is 34.5 Å². The summed E-state index contributed by atoms with van der Waals surface area (Å²) in [4.78, 5) is 7.73. The van der Waals surface area contributed by atoms with Gasteiger partial charge in [-0.05, 0) is 78.6 Å². The van der Waals surface area contributed by atoms with Gasteiger partial charge < -0.3 is 10.1 Å². The number of rotatable bonds is 1. The van der Waals surface area contributed by atoms with Crippen LogP contribution in [0.1, 0.15) is 65.0 Å². The van der Waals surface area contributed by atoms with E-state index in [-0.39, 0.29) is 11.5 Å². The Morgan fingerprint density at radius 1 is 1.15 bits per heavy atom. The van der Waals surface area contributed by atoms with E-state index in [1.54, 1.807) is 5.57 Å². The van der Waals surface area contributed by atoms with Gasteiger partial charge in [0.1, 0.15) is 0 Å². The van der Waals surface area contributed by atoms with E-state index >= 15 is 0 Å². The number of imidazole rings is 1. The molecule has 0 amide bonds. The summed E-state index contributed by atoms with van der Waals surface area (Å²) in [6, 6.07) is 0. The van der Waals surface area contributed by atoms with Crippen molar-refractivity contribution >= 4 is 5.57 Å². The van der Waals surface area contributed by atoms with Gasteiger partial charge in [-0.15, -0.1) is 0 Å². The van der Waals surface area contributed by atoms with E-state index in [1.807, 2.05) is 6.33 Å². The van der Waals surface area contributed by atoms with E-state index in [9.17, 15) is 5.11 Å². The van der Waals surface area contributed by atoms with Crippen molar-refractivity contribution < 1.29 is 5.11 Å². The fourth-order valence-corrected chi connectivity index (χ4v) is 7.38. The normalized spacial score (nSPS) is 47.5. The van der Waals surface area contributed by atoms with Crippen LogP contribution in [0.15, 0.2) is 30.2 Å². The van der Waals surface area contributed by atoms with Gasteiger partial charge in [0.05, 0.1) is 18.1 Å². The van der Waals surface area contributed by atoms with Crippen molar-refractivity contribution in [1.29, 1.82) is 0 Å². The molecular weight excluding hydrogens is 320 g/mol. The lowest BCUT2D eigenvalue weighted by molar-refractivity contribution is -0.0426. The lowest BCUT2D eigenvalue weighted by Crippen LogP contribution is -2.52. The Hall–Kier alpha value is -1.35. The summed E-state index contributed by atoms with van der Waals surface area (Å²) >= 11 is 0. The van der Waals surface area contributed by atoms with Crippen LogP contribution in [-0.4, -0.2) is 21.2 Å². The van der Waals surface area contributed by atoms with Crippen molar-refractivity contribution in [3.63, 3.8) is 0 Å². The summed E-state index contributed by atoms with van der Waals surface area (Å²) in [5.74, 6) is 2.87. The molecule has 1 aromatic rings. The van der Waals surface area contributed by atoms with Crippen LogP contribution in [0.25, 0.3) is 5.57 Å². The van der Waals surface area contributed by atoms with E-state index in [1.165, 1.54) is 24.8 Å². The minimum Gasteiger partial charge on any atom is -0.393 e. The Bertz CT molecular complexity index is 763. The Morgan fingerprint density at radius 3 is 2.73 bits per heavy atom. The monoisotopic (exact) mass is 352 g/mol. The zero-order chi connectivity index (χ0) is 18.1. The Balaban J connectivity index is 1.52. The molecule has 3 nitrogen and oxygen atoms in total. The molecule has 0 aromatic carbocycles. The minimum absolute atomic E-state index is 0.119. The molecule has 0 bridgehead atoms. The van der Waals surface area contributed by atoms with E-state index < -0.39 is 0 Å². The maximum absolute atomic E-state index is 10.2. The maximum Gasteiger partial charge on any atom is 0.0927 e. The third-order valence-electron chi connectivity index (χ3n) is 8.76. The van der Waals surface area contributed by atoms with Gasteiger partial charge in [0.25, 0.3) is 0 Å². The predicted molar refractivity (Wildman–Crippen MR) is 104 cm³/mol. The molecular formula is C23H32N2O. The molecule has 0 saturated heterocycles. The van der Waals surface area contributed by atoms with Crippen LogP contribution in [0.2, 0.25) is 0 Å². The summed E-state index contributed by atoms with van der Waals surface area (Å²) in [6.07, 6.45) is 15.6. The lowest BCUT2D eigenvalue weighted by atomic mass is 9.45. The van der Waals surface area contributed by atoms with Crippen molar-refractivity contribution in [2.75, 3.05) is 0 Å². The van der Waals surface area contributed by atoms with Crippen molar-refractivity contribution in [3.8, 4) is 0 Å². The summed E-state index contributed by atoms with van der Waals surface area (Å²) < 4.78 is 0. The molecule has 2 saturated carbocycles. The molecule has 26 heavy (non-hydrogen) atoms. The molecule has 4 aliphatic carbocycles. The number of hydrogen-bond donors (Lipinski definition) is 2. The highest BCUT2D eigenvalue weighted by atomic mass is 16.3. The molecule has 2 unspecified atom stereocenters. The van der Waals surface area contributed by atoms with Gasteiger partial charge in [0.2, 0.25) is 0 Å². The first-order valence-corrected chi connectivity index (χ1v) is 10.5. The van der Waals surface area contributed by atoms with Crippen LogP contribution < -0.4 is 0 Å². The number of nitrogens with zero attached hydrogens (tertiary/aromatic N) is 1. The highest BCUT2D eigenvalue weighted by Gasteiger charge is 2.58. The quantitative estimate of drug-likeness (QED) is 0.701. The number of fused-ring (bicyclic) bond motifs is 5. The van der Waals surface area contributed by atoms with Crippen LogP contribution >= 0.6 is 0 Å². The zero-order valence-electron chi connectivity index (χ0n) is 16.3. The third-order valence-corrected chi connectivity index (χ3v) is 8.76. The summed E-state index contributed by atoms with van der Waals surface area (Å²) in [5.41, 5.74) is 4.77. The smallest absolute Gasteiger partial charge is 0.0927 e. The molecule has 0 aliphatic heterocycles. The van der Waals surface area contributed by atoms with Crippen LogP contribution in [0.5, 0.6) is 0 Å².